The fraction of sp³-hybridized carbons (Fsp3) is 0.836. The molecule has 0 amide bonds. The molecule has 356 valence electrons. The molecule has 0 aliphatic rings. The Morgan fingerprint density at radius 3 is 0.951 bits per heavy atom. The zero-order chi connectivity index (χ0) is 44.4. The molecule has 1 unspecified atom stereocenters. The lowest BCUT2D eigenvalue weighted by atomic mass is 10.0. The number of carbonyl (C=O) groups excluding carboxylic acids is 3. The summed E-state index contributed by atoms with van der Waals surface area (Å²) in [4.78, 5) is 38.0. The highest BCUT2D eigenvalue weighted by atomic mass is 16.6. The summed E-state index contributed by atoms with van der Waals surface area (Å²) >= 11 is 0. The van der Waals surface area contributed by atoms with Crippen LogP contribution in [0.15, 0.2) is 36.5 Å². The van der Waals surface area contributed by atoms with Crippen molar-refractivity contribution in [3.8, 4) is 0 Å². The molecule has 1 atom stereocenters. The molecule has 0 saturated heterocycles. The van der Waals surface area contributed by atoms with Gasteiger partial charge in [0.1, 0.15) is 13.2 Å². The van der Waals surface area contributed by atoms with Crippen LogP contribution < -0.4 is 0 Å². The summed E-state index contributed by atoms with van der Waals surface area (Å²) in [5.74, 6) is -0.889. The maximum absolute atomic E-state index is 12.8. The first-order valence-corrected chi connectivity index (χ1v) is 26.5. The van der Waals surface area contributed by atoms with E-state index in [1.807, 2.05) is 0 Å². The van der Waals surface area contributed by atoms with Crippen LogP contribution >= 0.6 is 0 Å². The summed E-state index contributed by atoms with van der Waals surface area (Å²) in [6, 6.07) is 0. The van der Waals surface area contributed by atoms with Gasteiger partial charge >= 0.3 is 17.9 Å². The van der Waals surface area contributed by atoms with E-state index in [2.05, 4.69) is 57.2 Å². The van der Waals surface area contributed by atoms with E-state index in [-0.39, 0.29) is 31.1 Å². The van der Waals surface area contributed by atoms with Crippen molar-refractivity contribution >= 4 is 17.9 Å². The lowest BCUT2D eigenvalue weighted by molar-refractivity contribution is -0.167. The maximum Gasteiger partial charge on any atom is 0.306 e. The highest BCUT2D eigenvalue weighted by Crippen LogP contribution is 2.15. The van der Waals surface area contributed by atoms with Crippen molar-refractivity contribution in [1.82, 2.24) is 0 Å². The predicted octanol–water partition coefficient (Wildman–Crippen LogP) is 17.3. The monoisotopic (exact) mass is 857 g/mol. The van der Waals surface area contributed by atoms with Crippen LogP contribution in [0.25, 0.3) is 0 Å². The third kappa shape index (κ3) is 48.5. The highest BCUT2D eigenvalue weighted by molar-refractivity contribution is 5.71. The van der Waals surface area contributed by atoms with Crippen molar-refractivity contribution in [3.05, 3.63) is 36.5 Å². The number of rotatable bonds is 48. The van der Waals surface area contributed by atoms with Gasteiger partial charge < -0.3 is 14.2 Å². The van der Waals surface area contributed by atoms with Crippen LogP contribution in [0.4, 0.5) is 0 Å². The first-order valence-electron chi connectivity index (χ1n) is 26.5. The molecule has 0 rings (SSSR count). The topological polar surface area (TPSA) is 78.9 Å². The predicted molar refractivity (Wildman–Crippen MR) is 261 cm³/mol. The fourth-order valence-corrected chi connectivity index (χ4v) is 7.59. The molecule has 6 heteroatoms. The Bertz CT molecular complexity index is 1030. The van der Waals surface area contributed by atoms with Gasteiger partial charge in [-0.3, -0.25) is 14.4 Å². The minimum atomic E-state index is -0.779. The van der Waals surface area contributed by atoms with Crippen LogP contribution in [-0.4, -0.2) is 37.2 Å². The molecule has 0 radical (unpaired) electrons. The minimum absolute atomic E-state index is 0.0775. The van der Waals surface area contributed by atoms with Gasteiger partial charge in [-0.25, -0.2) is 0 Å². The van der Waals surface area contributed by atoms with E-state index >= 15 is 0 Å². The summed E-state index contributed by atoms with van der Waals surface area (Å²) in [7, 11) is 0. The Kier molecular flexibility index (Phi) is 48.3. The number of unbranched alkanes of at least 4 members (excludes halogenated alkanes) is 31. The molecule has 0 aromatic carbocycles. The Balaban J connectivity index is 4.39. The SMILES string of the molecule is CCCCCC=CCC=CCCCCCCCC(=O)OC(COC(=O)CCCCCCCC=CCCCCCCCC)COC(=O)CCCCCCCCCCCCCCC. The molecule has 0 aromatic rings. The number of esters is 3. The summed E-state index contributed by atoms with van der Waals surface area (Å²) in [6.07, 6.45) is 58.3. The van der Waals surface area contributed by atoms with Gasteiger partial charge in [0, 0.05) is 19.3 Å². The Morgan fingerprint density at radius 1 is 0.328 bits per heavy atom. The van der Waals surface area contributed by atoms with E-state index in [4.69, 9.17) is 14.2 Å². The van der Waals surface area contributed by atoms with E-state index in [1.54, 1.807) is 0 Å². The van der Waals surface area contributed by atoms with E-state index < -0.39 is 6.10 Å². The standard InChI is InChI=1S/C55H100O6/c1-4-7-10-13-16-19-22-25-27-30-33-36-39-42-45-48-54(57)60-51-52(50-59-53(56)47-44-41-38-35-32-29-24-21-18-15-12-9-6-3)61-55(58)49-46-43-40-37-34-31-28-26-23-20-17-14-11-8-5-2/h17,20,25-28,52H,4-16,18-19,21-24,29-51H2,1-3H3. The largest absolute Gasteiger partial charge is 0.462 e. The lowest BCUT2D eigenvalue weighted by Crippen LogP contribution is -2.30. The molecule has 0 aliphatic heterocycles. The molecule has 6 nitrogen and oxygen atoms in total. The van der Waals surface area contributed by atoms with Crippen molar-refractivity contribution in [2.45, 2.75) is 284 Å². The van der Waals surface area contributed by atoms with Gasteiger partial charge in [0.2, 0.25) is 0 Å². The summed E-state index contributed by atoms with van der Waals surface area (Å²) in [5.41, 5.74) is 0. The van der Waals surface area contributed by atoms with Crippen molar-refractivity contribution < 1.29 is 28.6 Å². The Hall–Kier alpha value is -2.37. The summed E-state index contributed by atoms with van der Waals surface area (Å²) in [5, 5.41) is 0. The zero-order valence-electron chi connectivity index (χ0n) is 40.7. The first kappa shape index (κ1) is 58.6. The Labute approximate surface area is 378 Å². The lowest BCUT2D eigenvalue weighted by Gasteiger charge is -2.18. The van der Waals surface area contributed by atoms with Crippen molar-refractivity contribution in [3.63, 3.8) is 0 Å². The number of hydrogen-bond acceptors (Lipinski definition) is 6. The van der Waals surface area contributed by atoms with E-state index in [9.17, 15) is 14.4 Å². The number of hydrogen-bond donors (Lipinski definition) is 0. The molecule has 0 bridgehead atoms. The summed E-state index contributed by atoms with van der Waals surface area (Å²) in [6.45, 7) is 6.61. The van der Waals surface area contributed by atoms with Crippen molar-refractivity contribution in [2.24, 2.45) is 0 Å². The first-order chi connectivity index (χ1) is 30.0. The number of ether oxygens (including phenoxy) is 3. The van der Waals surface area contributed by atoms with Gasteiger partial charge in [-0.1, -0.05) is 218 Å². The van der Waals surface area contributed by atoms with Crippen LogP contribution in [0, 0.1) is 0 Å². The van der Waals surface area contributed by atoms with Crippen molar-refractivity contribution in [2.75, 3.05) is 13.2 Å². The van der Waals surface area contributed by atoms with Crippen LogP contribution in [0.1, 0.15) is 278 Å². The normalized spacial score (nSPS) is 12.2. The average Bonchev–Trinajstić information content (AvgIpc) is 3.26. The fourth-order valence-electron chi connectivity index (χ4n) is 7.59. The van der Waals surface area contributed by atoms with E-state index in [0.717, 1.165) is 89.9 Å². The molecule has 61 heavy (non-hydrogen) atoms. The molecule has 0 saturated carbocycles. The van der Waals surface area contributed by atoms with E-state index in [0.29, 0.717) is 19.3 Å². The molecule has 0 aromatic heterocycles. The third-order valence-electron chi connectivity index (χ3n) is 11.6. The van der Waals surface area contributed by atoms with Gasteiger partial charge in [-0.05, 0) is 77.0 Å². The molecule has 0 spiro atoms. The van der Waals surface area contributed by atoms with Gasteiger partial charge in [0.05, 0.1) is 0 Å². The molecular formula is C55H100O6. The molecular weight excluding hydrogens is 757 g/mol. The Morgan fingerprint density at radius 2 is 0.590 bits per heavy atom. The number of carbonyl (C=O) groups is 3. The average molecular weight is 857 g/mol. The van der Waals surface area contributed by atoms with Crippen molar-refractivity contribution in [1.29, 1.82) is 0 Å². The van der Waals surface area contributed by atoms with E-state index in [1.165, 1.54) is 148 Å². The quantitative estimate of drug-likeness (QED) is 0.0262. The minimum Gasteiger partial charge on any atom is -0.462 e. The molecule has 0 fully saturated rings. The molecule has 0 aliphatic carbocycles. The van der Waals surface area contributed by atoms with Gasteiger partial charge in [0.25, 0.3) is 0 Å². The van der Waals surface area contributed by atoms with Crippen LogP contribution in [0.2, 0.25) is 0 Å². The van der Waals surface area contributed by atoms with Gasteiger partial charge in [-0.15, -0.1) is 0 Å². The highest BCUT2D eigenvalue weighted by Gasteiger charge is 2.19. The van der Waals surface area contributed by atoms with Crippen LogP contribution in [-0.2, 0) is 28.6 Å². The molecule has 0 N–H and O–H groups in total. The second-order valence-electron chi connectivity index (χ2n) is 17.8. The van der Waals surface area contributed by atoms with Crippen LogP contribution in [0.5, 0.6) is 0 Å². The summed E-state index contributed by atoms with van der Waals surface area (Å²) < 4.78 is 16.8. The zero-order valence-corrected chi connectivity index (χ0v) is 40.7. The molecule has 0 heterocycles. The second-order valence-corrected chi connectivity index (χ2v) is 17.8. The third-order valence-corrected chi connectivity index (χ3v) is 11.6. The van der Waals surface area contributed by atoms with Gasteiger partial charge in [0.15, 0.2) is 6.10 Å². The van der Waals surface area contributed by atoms with Crippen LogP contribution in [0.3, 0.4) is 0 Å². The maximum atomic E-state index is 12.8. The smallest absolute Gasteiger partial charge is 0.306 e. The second kappa shape index (κ2) is 50.3. The number of allylic oxidation sites excluding steroid dienone is 6. The van der Waals surface area contributed by atoms with Gasteiger partial charge in [-0.2, -0.15) is 0 Å².